The lowest BCUT2D eigenvalue weighted by atomic mass is 10.1. The van der Waals surface area contributed by atoms with Gasteiger partial charge < -0.3 is 9.67 Å². The Hall–Kier alpha value is -1.08. The molecule has 0 aliphatic carbocycles. The van der Waals surface area contributed by atoms with Crippen LogP contribution in [0.4, 0.5) is 0 Å². The van der Waals surface area contributed by atoms with Crippen LogP contribution in [0.5, 0.6) is 0 Å². The Morgan fingerprint density at radius 1 is 1.33 bits per heavy atom. The molecule has 0 bridgehead atoms. The number of hydrogen-bond donors (Lipinski definition) is 1. The van der Waals surface area contributed by atoms with Crippen molar-refractivity contribution in [2.24, 2.45) is 0 Å². The standard InChI is InChI=1S/C14H24N4O2S/c1-3-12-15-16-14(21-10-13(19)20)18(12)9-11(2)17-7-5-4-6-8-17/h11H,3-10H2,1-2H3,(H,19,20). The van der Waals surface area contributed by atoms with E-state index in [1.54, 1.807) is 0 Å². The first kappa shape index (κ1) is 16.3. The van der Waals surface area contributed by atoms with Crippen LogP contribution in [-0.4, -0.2) is 55.6 Å². The Morgan fingerprint density at radius 2 is 2.05 bits per heavy atom. The largest absolute Gasteiger partial charge is 0.481 e. The zero-order valence-corrected chi connectivity index (χ0v) is 13.6. The Balaban J connectivity index is 2.05. The number of hydrogen-bond acceptors (Lipinski definition) is 5. The highest BCUT2D eigenvalue weighted by Gasteiger charge is 2.20. The molecule has 1 unspecified atom stereocenters. The number of piperidine rings is 1. The van der Waals surface area contributed by atoms with Gasteiger partial charge in [0, 0.05) is 19.0 Å². The van der Waals surface area contributed by atoms with Gasteiger partial charge in [-0.15, -0.1) is 10.2 Å². The quantitative estimate of drug-likeness (QED) is 0.775. The number of aromatic nitrogens is 3. The fourth-order valence-electron chi connectivity index (χ4n) is 2.74. The van der Waals surface area contributed by atoms with Crippen molar-refractivity contribution in [2.75, 3.05) is 18.8 Å². The van der Waals surface area contributed by atoms with Crippen LogP contribution in [0.25, 0.3) is 0 Å². The smallest absolute Gasteiger partial charge is 0.313 e. The summed E-state index contributed by atoms with van der Waals surface area (Å²) in [5, 5.41) is 17.9. The third-order valence-electron chi connectivity index (χ3n) is 3.90. The predicted octanol–water partition coefficient (Wildman–Crippen LogP) is 1.89. The van der Waals surface area contributed by atoms with Gasteiger partial charge in [-0.2, -0.15) is 0 Å². The third kappa shape index (κ3) is 4.44. The van der Waals surface area contributed by atoms with Crippen LogP contribution in [-0.2, 0) is 17.8 Å². The zero-order valence-electron chi connectivity index (χ0n) is 12.8. The van der Waals surface area contributed by atoms with E-state index in [4.69, 9.17) is 5.11 Å². The molecule has 21 heavy (non-hydrogen) atoms. The number of carbonyl (C=O) groups is 1. The van der Waals surface area contributed by atoms with E-state index in [0.717, 1.165) is 37.0 Å². The van der Waals surface area contributed by atoms with Gasteiger partial charge in [0.15, 0.2) is 5.16 Å². The molecule has 1 aliphatic rings. The summed E-state index contributed by atoms with van der Waals surface area (Å²) in [5.74, 6) is 0.142. The van der Waals surface area contributed by atoms with Crippen molar-refractivity contribution in [2.45, 2.75) is 57.3 Å². The minimum atomic E-state index is -0.823. The summed E-state index contributed by atoms with van der Waals surface area (Å²) in [6.45, 7) is 7.43. The number of nitrogens with zero attached hydrogens (tertiary/aromatic N) is 4. The molecule has 1 aromatic rings. The number of carboxylic acids is 1. The van der Waals surface area contributed by atoms with E-state index in [-0.39, 0.29) is 5.75 Å². The van der Waals surface area contributed by atoms with Crippen LogP contribution in [0.1, 0.15) is 38.9 Å². The van der Waals surface area contributed by atoms with Gasteiger partial charge in [0.25, 0.3) is 0 Å². The van der Waals surface area contributed by atoms with Crippen molar-refractivity contribution in [3.05, 3.63) is 5.82 Å². The molecule has 1 fully saturated rings. The fourth-order valence-corrected chi connectivity index (χ4v) is 3.42. The lowest BCUT2D eigenvalue weighted by molar-refractivity contribution is -0.133. The minimum Gasteiger partial charge on any atom is -0.481 e. The predicted molar refractivity (Wildman–Crippen MR) is 82.6 cm³/mol. The summed E-state index contributed by atoms with van der Waals surface area (Å²) in [7, 11) is 0. The maximum atomic E-state index is 10.7. The van der Waals surface area contributed by atoms with Crippen molar-refractivity contribution in [3.8, 4) is 0 Å². The minimum absolute atomic E-state index is 0.0277. The second kappa shape index (κ2) is 7.79. The first-order valence-corrected chi connectivity index (χ1v) is 8.61. The average Bonchev–Trinajstić information content (AvgIpc) is 2.88. The molecule has 118 valence electrons. The first-order valence-electron chi connectivity index (χ1n) is 7.62. The molecule has 6 nitrogen and oxygen atoms in total. The van der Waals surface area contributed by atoms with Crippen LogP contribution >= 0.6 is 11.8 Å². The van der Waals surface area contributed by atoms with E-state index in [1.807, 2.05) is 0 Å². The number of likely N-dealkylation sites (tertiary alicyclic amines) is 1. The lowest BCUT2D eigenvalue weighted by Gasteiger charge is -2.32. The molecule has 0 amide bonds. The molecule has 1 N–H and O–H groups in total. The van der Waals surface area contributed by atoms with Gasteiger partial charge in [-0.3, -0.25) is 9.69 Å². The maximum absolute atomic E-state index is 10.7. The summed E-state index contributed by atoms with van der Waals surface area (Å²) < 4.78 is 2.09. The van der Waals surface area contributed by atoms with Gasteiger partial charge in [-0.25, -0.2) is 0 Å². The van der Waals surface area contributed by atoms with Crippen molar-refractivity contribution in [1.29, 1.82) is 0 Å². The zero-order chi connectivity index (χ0) is 15.2. The lowest BCUT2D eigenvalue weighted by Crippen LogP contribution is -2.40. The molecule has 0 aromatic carbocycles. The van der Waals surface area contributed by atoms with Crippen LogP contribution in [0.15, 0.2) is 5.16 Å². The summed E-state index contributed by atoms with van der Waals surface area (Å²) in [6.07, 6.45) is 4.69. The molecule has 1 saturated heterocycles. The molecule has 2 heterocycles. The van der Waals surface area contributed by atoms with Crippen molar-refractivity contribution >= 4 is 17.7 Å². The van der Waals surface area contributed by atoms with E-state index >= 15 is 0 Å². The molecule has 7 heteroatoms. The normalized spacial score (nSPS) is 17.8. The van der Waals surface area contributed by atoms with E-state index < -0.39 is 5.97 Å². The topological polar surface area (TPSA) is 71.2 Å². The van der Waals surface area contributed by atoms with Gasteiger partial charge in [0.05, 0.1) is 5.75 Å². The molecule has 0 radical (unpaired) electrons. The number of carboxylic acid groups (broad SMARTS) is 1. The molecule has 2 rings (SSSR count). The molecular weight excluding hydrogens is 288 g/mol. The molecule has 0 saturated carbocycles. The molecular formula is C14H24N4O2S. The Labute approximate surface area is 129 Å². The second-order valence-electron chi connectivity index (χ2n) is 5.49. The number of aliphatic carboxylic acids is 1. The Kier molecular flexibility index (Phi) is 6.05. The van der Waals surface area contributed by atoms with Crippen molar-refractivity contribution in [3.63, 3.8) is 0 Å². The summed E-state index contributed by atoms with van der Waals surface area (Å²) >= 11 is 1.25. The van der Waals surface area contributed by atoms with Gasteiger partial charge in [-0.1, -0.05) is 25.1 Å². The van der Waals surface area contributed by atoms with Crippen LogP contribution < -0.4 is 0 Å². The second-order valence-corrected chi connectivity index (χ2v) is 6.43. The van der Waals surface area contributed by atoms with Gasteiger partial charge in [-0.05, 0) is 32.9 Å². The van der Waals surface area contributed by atoms with Crippen molar-refractivity contribution in [1.82, 2.24) is 19.7 Å². The molecule has 0 spiro atoms. The Bertz CT molecular complexity index is 472. The summed E-state index contributed by atoms with van der Waals surface area (Å²) in [4.78, 5) is 13.3. The van der Waals surface area contributed by atoms with E-state index in [0.29, 0.717) is 6.04 Å². The van der Waals surface area contributed by atoms with Crippen LogP contribution in [0.3, 0.4) is 0 Å². The highest BCUT2D eigenvalue weighted by Crippen LogP contribution is 2.20. The van der Waals surface area contributed by atoms with E-state index in [2.05, 4.69) is 33.5 Å². The van der Waals surface area contributed by atoms with Gasteiger partial charge in [0.1, 0.15) is 5.82 Å². The maximum Gasteiger partial charge on any atom is 0.313 e. The van der Waals surface area contributed by atoms with Crippen LogP contribution in [0.2, 0.25) is 0 Å². The Morgan fingerprint density at radius 3 is 2.67 bits per heavy atom. The summed E-state index contributed by atoms with van der Waals surface area (Å²) in [5.41, 5.74) is 0. The van der Waals surface area contributed by atoms with Crippen molar-refractivity contribution < 1.29 is 9.90 Å². The molecule has 1 aromatic heterocycles. The highest BCUT2D eigenvalue weighted by atomic mass is 32.2. The van der Waals surface area contributed by atoms with Crippen LogP contribution in [0, 0.1) is 0 Å². The third-order valence-corrected chi connectivity index (χ3v) is 4.85. The highest BCUT2D eigenvalue weighted by molar-refractivity contribution is 7.99. The fraction of sp³-hybridized carbons (Fsp3) is 0.786. The monoisotopic (exact) mass is 312 g/mol. The van der Waals surface area contributed by atoms with E-state index in [9.17, 15) is 4.79 Å². The SMILES string of the molecule is CCc1nnc(SCC(=O)O)n1CC(C)N1CCCCC1. The molecule has 1 aliphatic heterocycles. The number of rotatable bonds is 7. The average molecular weight is 312 g/mol. The van der Waals surface area contributed by atoms with Gasteiger partial charge >= 0.3 is 5.97 Å². The number of aryl methyl sites for hydroxylation is 1. The molecule has 1 atom stereocenters. The summed E-state index contributed by atoms with van der Waals surface area (Å²) in [6, 6.07) is 0.427. The van der Waals surface area contributed by atoms with Gasteiger partial charge in [0.2, 0.25) is 0 Å². The van der Waals surface area contributed by atoms with E-state index in [1.165, 1.54) is 31.0 Å². The number of thioether (sulfide) groups is 1. The first-order chi connectivity index (χ1) is 10.1.